The third kappa shape index (κ3) is 2.81. The molecule has 0 amide bonds. The SMILES string of the molecule is CN1CCC(c2nc(-c3ccnc(C(F)(F)F)c3)no2)S1(=O)=O. The summed E-state index contributed by atoms with van der Waals surface area (Å²) in [5.41, 5.74) is -1.04. The number of sulfonamides is 1. The van der Waals surface area contributed by atoms with E-state index in [0.29, 0.717) is 6.54 Å². The number of alkyl halides is 3. The van der Waals surface area contributed by atoms with Crippen LogP contribution in [0.5, 0.6) is 0 Å². The van der Waals surface area contributed by atoms with Crippen molar-refractivity contribution in [3.63, 3.8) is 0 Å². The zero-order chi connectivity index (χ0) is 16.8. The number of nitrogens with zero attached hydrogens (tertiary/aromatic N) is 4. The topological polar surface area (TPSA) is 89.2 Å². The first-order valence-electron chi connectivity index (χ1n) is 6.52. The quantitative estimate of drug-likeness (QED) is 0.823. The van der Waals surface area contributed by atoms with Gasteiger partial charge in [0.05, 0.1) is 0 Å². The van der Waals surface area contributed by atoms with Crippen LogP contribution in [0, 0.1) is 0 Å². The van der Waals surface area contributed by atoms with Gasteiger partial charge in [-0.25, -0.2) is 12.7 Å². The van der Waals surface area contributed by atoms with Crippen LogP contribution in [0.3, 0.4) is 0 Å². The first kappa shape index (κ1) is 15.9. The van der Waals surface area contributed by atoms with E-state index in [4.69, 9.17) is 4.52 Å². The summed E-state index contributed by atoms with van der Waals surface area (Å²) in [7, 11) is -2.14. The summed E-state index contributed by atoms with van der Waals surface area (Å²) in [4.78, 5) is 7.18. The summed E-state index contributed by atoms with van der Waals surface area (Å²) in [6.07, 6.45) is -3.33. The minimum atomic E-state index is -4.60. The lowest BCUT2D eigenvalue weighted by Gasteiger charge is -2.08. The maximum Gasteiger partial charge on any atom is 0.433 e. The van der Waals surface area contributed by atoms with Gasteiger partial charge in [-0.15, -0.1) is 0 Å². The van der Waals surface area contributed by atoms with E-state index in [0.717, 1.165) is 12.3 Å². The standard InChI is InChI=1S/C12H11F3N4O3S/c1-19-5-3-8(23(19,20)21)11-17-10(18-22-11)7-2-4-16-9(6-7)12(13,14)15/h2,4,6,8H,3,5H2,1H3. The lowest BCUT2D eigenvalue weighted by molar-refractivity contribution is -0.141. The predicted molar refractivity (Wildman–Crippen MR) is 71.4 cm³/mol. The van der Waals surface area contributed by atoms with Crippen molar-refractivity contribution >= 4 is 10.0 Å². The molecular formula is C12H11F3N4O3S. The molecule has 1 aliphatic heterocycles. The minimum Gasteiger partial charge on any atom is -0.337 e. The summed E-state index contributed by atoms with van der Waals surface area (Å²) in [6, 6.07) is 2.07. The van der Waals surface area contributed by atoms with Crippen molar-refractivity contribution in [2.75, 3.05) is 13.6 Å². The van der Waals surface area contributed by atoms with Crippen LogP contribution in [0.1, 0.15) is 23.3 Å². The van der Waals surface area contributed by atoms with Gasteiger partial charge in [0.1, 0.15) is 5.69 Å². The van der Waals surface area contributed by atoms with Crippen molar-refractivity contribution in [2.45, 2.75) is 17.8 Å². The van der Waals surface area contributed by atoms with E-state index < -0.39 is 27.1 Å². The third-order valence-corrected chi connectivity index (χ3v) is 5.73. The summed E-state index contributed by atoms with van der Waals surface area (Å²) < 4.78 is 68.3. The van der Waals surface area contributed by atoms with Crippen LogP contribution in [0.4, 0.5) is 13.2 Å². The highest BCUT2D eigenvalue weighted by Gasteiger charge is 2.41. The minimum absolute atomic E-state index is 0.0473. The van der Waals surface area contributed by atoms with Gasteiger partial charge in [0, 0.05) is 25.4 Å². The molecule has 0 bridgehead atoms. The average Bonchev–Trinajstić information content (AvgIpc) is 3.04. The Morgan fingerprint density at radius 3 is 2.74 bits per heavy atom. The molecule has 3 heterocycles. The molecule has 1 fully saturated rings. The highest BCUT2D eigenvalue weighted by Crippen LogP contribution is 2.34. The fourth-order valence-electron chi connectivity index (χ4n) is 2.25. The average molecular weight is 348 g/mol. The third-order valence-electron chi connectivity index (χ3n) is 3.53. The summed E-state index contributed by atoms with van der Waals surface area (Å²) in [6.45, 7) is 0.318. The molecule has 3 rings (SSSR count). The van der Waals surface area contributed by atoms with Gasteiger partial charge in [-0.1, -0.05) is 5.16 Å². The largest absolute Gasteiger partial charge is 0.433 e. The first-order valence-corrected chi connectivity index (χ1v) is 8.02. The lowest BCUT2D eigenvalue weighted by Crippen LogP contribution is -2.22. The summed E-state index contributed by atoms with van der Waals surface area (Å²) >= 11 is 0. The Bertz CT molecular complexity index is 834. The Labute approximate surface area is 129 Å². The van der Waals surface area contributed by atoms with E-state index in [9.17, 15) is 21.6 Å². The van der Waals surface area contributed by atoms with Crippen LogP contribution in [0.15, 0.2) is 22.9 Å². The normalized spacial score (nSPS) is 21.7. The van der Waals surface area contributed by atoms with Gasteiger partial charge in [-0.3, -0.25) is 4.98 Å². The molecule has 1 saturated heterocycles. The molecule has 2 aromatic rings. The van der Waals surface area contributed by atoms with Crippen LogP contribution >= 0.6 is 0 Å². The molecule has 7 nitrogen and oxygen atoms in total. The molecule has 0 aromatic carbocycles. The van der Waals surface area contributed by atoms with E-state index in [1.54, 1.807) is 0 Å². The smallest absolute Gasteiger partial charge is 0.337 e. The molecule has 0 saturated carbocycles. The Morgan fingerprint density at radius 2 is 2.13 bits per heavy atom. The van der Waals surface area contributed by atoms with Crippen molar-refractivity contribution in [2.24, 2.45) is 0 Å². The van der Waals surface area contributed by atoms with Crippen LogP contribution in [0.25, 0.3) is 11.4 Å². The van der Waals surface area contributed by atoms with E-state index in [2.05, 4.69) is 15.1 Å². The molecule has 1 unspecified atom stereocenters. The zero-order valence-electron chi connectivity index (χ0n) is 11.8. The molecule has 1 aliphatic rings. The van der Waals surface area contributed by atoms with Crippen LogP contribution in [-0.2, 0) is 16.2 Å². The van der Waals surface area contributed by atoms with Gasteiger partial charge in [-0.05, 0) is 18.6 Å². The molecule has 23 heavy (non-hydrogen) atoms. The molecule has 0 spiro atoms. The second-order valence-corrected chi connectivity index (χ2v) is 7.25. The van der Waals surface area contributed by atoms with Crippen LogP contribution in [-0.4, -0.2) is 41.4 Å². The second kappa shape index (κ2) is 5.27. The van der Waals surface area contributed by atoms with Crippen LogP contribution in [0.2, 0.25) is 0 Å². The van der Waals surface area contributed by atoms with Gasteiger partial charge < -0.3 is 4.52 Å². The Morgan fingerprint density at radius 1 is 1.39 bits per heavy atom. The number of aromatic nitrogens is 3. The molecule has 0 N–H and O–H groups in total. The number of hydrogen-bond acceptors (Lipinski definition) is 6. The summed E-state index contributed by atoms with van der Waals surface area (Å²) in [5.74, 6) is -0.243. The number of halogens is 3. The van der Waals surface area contributed by atoms with Gasteiger partial charge in [0.25, 0.3) is 0 Å². The fourth-order valence-corrected chi connectivity index (χ4v) is 3.80. The first-order chi connectivity index (χ1) is 10.7. The van der Waals surface area contributed by atoms with Crippen molar-refractivity contribution in [1.29, 1.82) is 0 Å². The molecule has 124 valence electrons. The Hall–Kier alpha value is -2.01. The maximum absolute atomic E-state index is 12.7. The van der Waals surface area contributed by atoms with Crippen molar-refractivity contribution in [1.82, 2.24) is 19.4 Å². The van der Waals surface area contributed by atoms with Gasteiger partial charge in [-0.2, -0.15) is 18.2 Å². The second-order valence-electron chi connectivity index (χ2n) is 5.03. The van der Waals surface area contributed by atoms with Gasteiger partial charge in [0.2, 0.25) is 21.7 Å². The zero-order valence-corrected chi connectivity index (χ0v) is 12.6. The lowest BCUT2D eigenvalue weighted by atomic mass is 10.2. The van der Waals surface area contributed by atoms with Crippen molar-refractivity contribution in [3.05, 3.63) is 29.9 Å². The van der Waals surface area contributed by atoms with Crippen molar-refractivity contribution in [3.8, 4) is 11.4 Å². The summed E-state index contributed by atoms with van der Waals surface area (Å²) in [5, 5.41) is 2.61. The maximum atomic E-state index is 12.7. The number of rotatable bonds is 2. The Kier molecular flexibility index (Phi) is 3.64. The molecule has 11 heteroatoms. The molecular weight excluding hydrogens is 337 g/mol. The highest BCUT2D eigenvalue weighted by molar-refractivity contribution is 7.89. The number of hydrogen-bond donors (Lipinski definition) is 0. The Balaban J connectivity index is 1.95. The van der Waals surface area contributed by atoms with Crippen LogP contribution < -0.4 is 0 Å². The van der Waals surface area contributed by atoms with Crippen molar-refractivity contribution < 1.29 is 26.1 Å². The predicted octanol–water partition coefficient (Wildman–Crippen LogP) is 1.86. The van der Waals surface area contributed by atoms with Gasteiger partial charge >= 0.3 is 6.18 Å². The number of pyridine rings is 1. The molecule has 0 radical (unpaired) electrons. The fraction of sp³-hybridized carbons (Fsp3) is 0.417. The molecule has 0 aliphatic carbocycles. The monoisotopic (exact) mass is 348 g/mol. The van der Waals surface area contributed by atoms with E-state index in [-0.39, 0.29) is 23.7 Å². The highest BCUT2D eigenvalue weighted by atomic mass is 32.2. The van der Waals surface area contributed by atoms with E-state index >= 15 is 0 Å². The van der Waals surface area contributed by atoms with E-state index in [1.807, 2.05) is 0 Å². The van der Waals surface area contributed by atoms with Gasteiger partial charge in [0.15, 0.2) is 5.25 Å². The molecule has 2 aromatic heterocycles. The molecule has 1 atom stereocenters. The van der Waals surface area contributed by atoms with E-state index in [1.165, 1.54) is 17.4 Å².